The van der Waals surface area contributed by atoms with Gasteiger partial charge in [0, 0.05) is 19.4 Å². The average molecular weight is 328 g/mol. The zero-order valence-electron chi connectivity index (χ0n) is 11.8. The van der Waals surface area contributed by atoms with E-state index in [9.17, 15) is 26.3 Å². The van der Waals surface area contributed by atoms with E-state index in [4.69, 9.17) is 4.74 Å². The summed E-state index contributed by atoms with van der Waals surface area (Å²) in [5.74, 6) is -2.15. The van der Waals surface area contributed by atoms with Gasteiger partial charge < -0.3 is 4.74 Å². The van der Waals surface area contributed by atoms with Crippen molar-refractivity contribution in [3.8, 4) is 5.75 Å². The predicted molar refractivity (Wildman–Crippen MR) is 68.2 cm³/mol. The minimum absolute atomic E-state index is 0.0562. The molecule has 0 heterocycles. The van der Waals surface area contributed by atoms with Crippen LogP contribution in [0.3, 0.4) is 0 Å². The summed E-state index contributed by atoms with van der Waals surface area (Å²) >= 11 is 0. The van der Waals surface area contributed by atoms with Gasteiger partial charge in [0.25, 0.3) is 6.17 Å². The molecule has 0 saturated carbocycles. The Labute approximate surface area is 123 Å². The highest BCUT2D eigenvalue weighted by molar-refractivity contribution is 5.55. The molecule has 0 amide bonds. The number of ether oxygens (including phenoxy) is 2. The highest BCUT2D eigenvalue weighted by atomic mass is 19.4. The molecule has 8 heteroatoms. The monoisotopic (exact) mass is 328 g/mol. The van der Waals surface area contributed by atoms with Crippen LogP contribution in [0, 0.1) is 0 Å². The molecular formula is C14H14F6O2. The number of benzene rings is 1. The first-order chi connectivity index (χ1) is 9.89. The second-order valence-electron chi connectivity index (χ2n) is 4.81. The van der Waals surface area contributed by atoms with Crippen molar-refractivity contribution in [2.45, 2.75) is 38.1 Å². The number of halogens is 6. The van der Waals surface area contributed by atoms with Crippen molar-refractivity contribution in [1.82, 2.24) is 0 Å². The molecular weight excluding hydrogens is 314 g/mol. The van der Waals surface area contributed by atoms with Crippen LogP contribution in [0.5, 0.6) is 5.75 Å². The van der Waals surface area contributed by atoms with E-state index in [1.54, 1.807) is 12.1 Å². The fourth-order valence-electron chi connectivity index (χ4n) is 1.60. The largest absolute Gasteiger partial charge is 0.462 e. The first-order valence-corrected chi connectivity index (χ1v) is 6.08. The lowest BCUT2D eigenvalue weighted by molar-refractivity contribution is -0.387. The molecule has 124 valence electrons. The van der Waals surface area contributed by atoms with Gasteiger partial charge in [-0.3, -0.25) is 4.74 Å². The van der Waals surface area contributed by atoms with Crippen molar-refractivity contribution in [3.05, 3.63) is 36.4 Å². The van der Waals surface area contributed by atoms with Crippen molar-refractivity contribution in [3.63, 3.8) is 0 Å². The van der Waals surface area contributed by atoms with E-state index >= 15 is 0 Å². The number of rotatable bonds is 6. The quantitative estimate of drug-likeness (QED) is 0.543. The molecule has 1 aromatic rings. The van der Waals surface area contributed by atoms with Crippen LogP contribution in [0.1, 0.15) is 19.4 Å². The van der Waals surface area contributed by atoms with Crippen LogP contribution in [0.4, 0.5) is 26.3 Å². The van der Waals surface area contributed by atoms with Crippen molar-refractivity contribution in [1.29, 1.82) is 0 Å². The molecule has 1 unspecified atom stereocenters. The highest BCUT2D eigenvalue weighted by Gasteiger charge is 2.60. The molecule has 0 aliphatic carbocycles. The molecule has 1 rings (SSSR count). The summed E-state index contributed by atoms with van der Waals surface area (Å²) in [6, 6.07) is 6.07. The van der Waals surface area contributed by atoms with E-state index in [-0.39, 0.29) is 5.75 Å². The van der Waals surface area contributed by atoms with Gasteiger partial charge >= 0.3 is 12.3 Å². The number of para-hydroxylation sites is 1. The maximum absolute atomic E-state index is 13.3. The van der Waals surface area contributed by atoms with Crippen molar-refractivity contribution in [2.75, 3.05) is 0 Å². The van der Waals surface area contributed by atoms with Gasteiger partial charge in [0.05, 0.1) is 0 Å². The summed E-state index contributed by atoms with van der Waals surface area (Å²) < 4.78 is 84.7. The third-order valence-corrected chi connectivity index (χ3v) is 2.46. The van der Waals surface area contributed by atoms with Crippen LogP contribution in [0.25, 0.3) is 6.08 Å². The normalized spacial score (nSPS) is 14.5. The Morgan fingerprint density at radius 1 is 1.09 bits per heavy atom. The standard InChI is InChI=1S/C14H14F6O2/c1-4-9-7-5-6-8-10(9)21-12(2,3)22-14(19,20)11(15)13(16,17)18/h4-8,11H,1H2,2-3H3. The summed E-state index contributed by atoms with van der Waals surface area (Å²) in [5.41, 5.74) is 0.412. The van der Waals surface area contributed by atoms with E-state index in [1.165, 1.54) is 18.2 Å². The molecule has 0 saturated heterocycles. The highest BCUT2D eigenvalue weighted by Crippen LogP contribution is 2.39. The zero-order valence-corrected chi connectivity index (χ0v) is 11.8. The Bertz CT molecular complexity index is 524. The van der Waals surface area contributed by atoms with Gasteiger partial charge in [0.2, 0.25) is 5.79 Å². The van der Waals surface area contributed by atoms with Gasteiger partial charge in [-0.15, -0.1) is 0 Å². The summed E-state index contributed by atoms with van der Waals surface area (Å²) in [4.78, 5) is 0. The topological polar surface area (TPSA) is 18.5 Å². The molecule has 1 atom stereocenters. The van der Waals surface area contributed by atoms with Crippen LogP contribution in [0.2, 0.25) is 0 Å². The Balaban J connectivity index is 2.93. The third-order valence-electron chi connectivity index (χ3n) is 2.46. The van der Waals surface area contributed by atoms with Crippen LogP contribution in [-0.4, -0.2) is 24.2 Å². The zero-order chi connectivity index (χ0) is 17.2. The van der Waals surface area contributed by atoms with E-state index in [0.29, 0.717) is 5.56 Å². The molecule has 0 fully saturated rings. The van der Waals surface area contributed by atoms with E-state index < -0.39 is 24.2 Å². The Kier molecular flexibility index (Phi) is 5.17. The minimum Gasteiger partial charge on any atom is -0.462 e. The van der Waals surface area contributed by atoms with Gasteiger partial charge in [0.15, 0.2) is 0 Å². The summed E-state index contributed by atoms with van der Waals surface area (Å²) in [6.45, 7) is 5.38. The second kappa shape index (κ2) is 6.20. The van der Waals surface area contributed by atoms with E-state index in [0.717, 1.165) is 13.8 Å². The second-order valence-corrected chi connectivity index (χ2v) is 4.81. The Morgan fingerprint density at radius 2 is 1.64 bits per heavy atom. The molecule has 0 bridgehead atoms. The molecule has 2 nitrogen and oxygen atoms in total. The summed E-state index contributed by atoms with van der Waals surface area (Å²) in [6.07, 6.45) is -13.9. The summed E-state index contributed by atoms with van der Waals surface area (Å²) in [5, 5.41) is 0. The van der Waals surface area contributed by atoms with Crippen LogP contribution >= 0.6 is 0 Å². The number of hydrogen-bond acceptors (Lipinski definition) is 2. The van der Waals surface area contributed by atoms with E-state index in [2.05, 4.69) is 11.3 Å². The van der Waals surface area contributed by atoms with Crippen molar-refractivity contribution in [2.24, 2.45) is 0 Å². The average Bonchev–Trinajstić information content (AvgIpc) is 2.35. The van der Waals surface area contributed by atoms with Crippen LogP contribution in [-0.2, 0) is 4.74 Å². The van der Waals surface area contributed by atoms with Gasteiger partial charge in [-0.1, -0.05) is 30.9 Å². The Hall–Kier alpha value is -1.70. The lowest BCUT2D eigenvalue weighted by Crippen LogP contribution is -2.49. The van der Waals surface area contributed by atoms with Crippen molar-refractivity contribution >= 4 is 6.08 Å². The fourth-order valence-corrected chi connectivity index (χ4v) is 1.60. The minimum atomic E-state index is -5.75. The molecule has 0 aliphatic rings. The molecule has 0 aromatic heterocycles. The third kappa shape index (κ3) is 4.66. The van der Waals surface area contributed by atoms with Crippen LogP contribution < -0.4 is 4.74 Å². The maximum atomic E-state index is 13.3. The molecule has 1 aromatic carbocycles. The fraction of sp³-hybridized carbons (Fsp3) is 0.429. The Morgan fingerprint density at radius 3 is 2.14 bits per heavy atom. The summed E-state index contributed by atoms with van der Waals surface area (Å²) in [7, 11) is 0. The molecule has 0 radical (unpaired) electrons. The first-order valence-electron chi connectivity index (χ1n) is 6.08. The molecule has 0 aliphatic heterocycles. The van der Waals surface area contributed by atoms with Crippen LogP contribution in [0.15, 0.2) is 30.8 Å². The first kappa shape index (κ1) is 18.3. The van der Waals surface area contributed by atoms with Gasteiger partial charge in [-0.25, -0.2) is 4.39 Å². The SMILES string of the molecule is C=Cc1ccccc1OC(C)(C)OC(F)(F)C(F)C(F)(F)F. The lowest BCUT2D eigenvalue weighted by atomic mass is 10.2. The van der Waals surface area contributed by atoms with E-state index in [1.807, 2.05) is 0 Å². The van der Waals surface area contributed by atoms with Gasteiger partial charge in [0.1, 0.15) is 5.75 Å². The number of alkyl halides is 6. The smallest absolute Gasteiger partial charge is 0.428 e. The molecule has 22 heavy (non-hydrogen) atoms. The van der Waals surface area contributed by atoms with Gasteiger partial charge in [-0.05, 0) is 6.07 Å². The maximum Gasteiger partial charge on any atom is 0.428 e. The lowest BCUT2D eigenvalue weighted by Gasteiger charge is -2.33. The predicted octanol–water partition coefficient (Wildman–Crippen LogP) is 4.95. The van der Waals surface area contributed by atoms with Gasteiger partial charge in [-0.2, -0.15) is 22.0 Å². The number of hydrogen-bond donors (Lipinski definition) is 0. The van der Waals surface area contributed by atoms with Crippen molar-refractivity contribution < 1.29 is 35.8 Å². The molecule has 0 N–H and O–H groups in total. The molecule has 0 spiro atoms.